The zero-order valence-electron chi connectivity index (χ0n) is 12.3. The minimum Gasteiger partial charge on any atom is -0.444 e. The summed E-state index contributed by atoms with van der Waals surface area (Å²) in [5.41, 5.74) is -0.932. The summed E-state index contributed by atoms with van der Waals surface area (Å²) in [5, 5.41) is 11.9. The smallest absolute Gasteiger partial charge is 0.410 e. The molecule has 0 aromatic heterocycles. The van der Waals surface area contributed by atoms with E-state index in [2.05, 4.69) is 5.32 Å². The second-order valence-corrected chi connectivity index (χ2v) is 6.41. The molecule has 0 bridgehead atoms. The van der Waals surface area contributed by atoms with Crippen molar-refractivity contribution in [2.24, 2.45) is 0 Å². The summed E-state index contributed by atoms with van der Waals surface area (Å²) in [6.07, 6.45) is 0.350. The second-order valence-electron chi connectivity index (χ2n) is 6.41. The molecule has 0 radical (unpaired) electrons. The lowest BCUT2D eigenvalue weighted by atomic mass is 9.98. The van der Waals surface area contributed by atoms with Crippen molar-refractivity contribution in [3.05, 3.63) is 0 Å². The van der Waals surface area contributed by atoms with E-state index in [1.807, 2.05) is 20.8 Å². The number of nitrogens with one attached hydrogen (secondary N) is 1. The second kappa shape index (κ2) is 5.12. The predicted octanol–water partition coefficient (Wildman–Crippen LogP) is 0.384. The Labute approximate surface area is 118 Å². The lowest BCUT2D eigenvalue weighted by Crippen LogP contribution is -2.51. The van der Waals surface area contributed by atoms with Gasteiger partial charge in [0.1, 0.15) is 5.60 Å². The quantitative estimate of drug-likeness (QED) is 0.768. The number of amides is 3. The highest BCUT2D eigenvalue weighted by Gasteiger charge is 2.50. The number of hydrogen-bond donors (Lipinski definition) is 2. The highest BCUT2D eigenvalue weighted by Crippen LogP contribution is 2.31. The fraction of sp³-hybridized carbons (Fsp3) is 0.846. The third-order valence-electron chi connectivity index (χ3n) is 3.69. The van der Waals surface area contributed by atoms with E-state index in [4.69, 9.17) is 9.84 Å². The van der Waals surface area contributed by atoms with Crippen molar-refractivity contribution in [3.63, 3.8) is 0 Å². The van der Waals surface area contributed by atoms with Crippen LogP contribution in [0.15, 0.2) is 0 Å². The molecule has 7 nitrogen and oxygen atoms in total. The molecule has 2 heterocycles. The maximum Gasteiger partial charge on any atom is 0.410 e. The monoisotopic (exact) mass is 285 g/mol. The van der Waals surface area contributed by atoms with Gasteiger partial charge in [-0.1, -0.05) is 0 Å². The number of aliphatic hydroxyl groups excluding tert-OH is 1. The summed E-state index contributed by atoms with van der Waals surface area (Å²) in [7, 11) is 0. The molecule has 2 aliphatic rings. The summed E-state index contributed by atoms with van der Waals surface area (Å²) in [6.45, 7) is 7.20. The maximum absolute atomic E-state index is 12.1. The van der Waals surface area contributed by atoms with Crippen LogP contribution in [0.4, 0.5) is 9.59 Å². The molecule has 2 N–H and O–H groups in total. The number of urea groups is 1. The largest absolute Gasteiger partial charge is 0.444 e. The van der Waals surface area contributed by atoms with Crippen molar-refractivity contribution >= 4 is 12.1 Å². The van der Waals surface area contributed by atoms with Crippen LogP contribution in [-0.4, -0.2) is 71.0 Å². The van der Waals surface area contributed by atoms with Crippen LogP contribution in [-0.2, 0) is 4.74 Å². The van der Waals surface area contributed by atoms with Gasteiger partial charge >= 0.3 is 12.1 Å². The summed E-state index contributed by atoms with van der Waals surface area (Å²) in [5.74, 6) is 0. The Kier molecular flexibility index (Phi) is 3.82. The van der Waals surface area contributed by atoms with E-state index in [0.717, 1.165) is 0 Å². The van der Waals surface area contributed by atoms with Crippen molar-refractivity contribution < 1.29 is 19.4 Å². The number of carbonyl (C=O) groups is 2. The average molecular weight is 285 g/mol. The topological polar surface area (TPSA) is 82.1 Å². The highest BCUT2D eigenvalue weighted by molar-refractivity contribution is 5.78. The molecule has 2 saturated heterocycles. The first-order valence-electron chi connectivity index (χ1n) is 6.92. The lowest BCUT2D eigenvalue weighted by molar-refractivity contribution is 0.0265. The molecule has 0 aromatic rings. The van der Waals surface area contributed by atoms with E-state index in [9.17, 15) is 9.59 Å². The van der Waals surface area contributed by atoms with E-state index < -0.39 is 11.1 Å². The molecular formula is C13H23N3O4. The predicted molar refractivity (Wildman–Crippen MR) is 72.3 cm³/mol. The summed E-state index contributed by atoms with van der Waals surface area (Å²) in [4.78, 5) is 27.1. The van der Waals surface area contributed by atoms with Gasteiger partial charge in [-0.25, -0.2) is 9.59 Å². The zero-order chi connectivity index (χ0) is 15.0. The Morgan fingerprint density at radius 3 is 2.80 bits per heavy atom. The number of carbonyl (C=O) groups excluding carboxylic acids is 2. The molecule has 114 valence electrons. The molecule has 1 unspecified atom stereocenters. The SMILES string of the molecule is CC(C)(C)OC(=O)N1CCC2(CNC(=O)N2CCO)C1. The first-order chi connectivity index (χ1) is 9.27. The molecule has 0 aromatic carbocycles. The van der Waals surface area contributed by atoms with Crippen LogP contribution >= 0.6 is 0 Å². The molecular weight excluding hydrogens is 262 g/mol. The fourth-order valence-corrected chi connectivity index (χ4v) is 2.79. The van der Waals surface area contributed by atoms with Gasteiger partial charge in [0.15, 0.2) is 0 Å². The van der Waals surface area contributed by atoms with Gasteiger partial charge in [-0.3, -0.25) is 0 Å². The average Bonchev–Trinajstić information content (AvgIpc) is 2.88. The molecule has 2 rings (SSSR count). The molecule has 0 aliphatic carbocycles. The molecule has 2 aliphatic heterocycles. The van der Waals surface area contributed by atoms with Gasteiger partial charge in [-0.05, 0) is 27.2 Å². The van der Waals surface area contributed by atoms with Crippen LogP contribution in [0.3, 0.4) is 0 Å². The Bertz CT molecular complexity index is 407. The Morgan fingerprint density at radius 2 is 2.20 bits per heavy atom. The molecule has 1 spiro atoms. The van der Waals surface area contributed by atoms with E-state index in [0.29, 0.717) is 26.1 Å². The molecule has 2 fully saturated rings. The maximum atomic E-state index is 12.1. The number of β-amino-alcohol motifs (C(OH)–C–C–N with tert-alkyl or cyclic N) is 1. The van der Waals surface area contributed by atoms with Gasteiger partial charge in [-0.2, -0.15) is 0 Å². The lowest BCUT2D eigenvalue weighted by Gasteiger charge is -2.33. The zero-order valence-corrected chi connectivity index (χ0v) is 12.3. The molecule has 1 atom stereocenters. The minimum absolute atomic E-state index is 0.0817. The summed E-state index contributed by atoms with van der Waals surface area (Å²) < 4.78 is 5.36. The Balaban J connectivity index is 2.04. The van der Waals surface area contributed by atoms with Gasteiger partial charge in [0, 0.05) is 26.2 Å². The van der Waals surface area contributed by atoms with E-state index in [-0.39, 0.29) is 25.3 Å². The third-order valence-corrected chi connectivity index (χ3v) is 3.69. The number of rotatable bonds is 2. The van der Waals surface area contributed by atoms with E-state index in [1.54, 1.807) is 9.80 Å². The van der Waals surface area contributed by atoms with Gasteiger partial charge in [-0.15, -0.1) is 0 Å². The third kappa shape index (κ3) is 2.82. The van der Waals surface area contributed by atoms with Crippen LogP contribution in [0, 0.1) is 0 Å². The first-order valence-corrected chi connectivity index (χ1v) is 6.92. The van der Waals surface area contributed by atoms with Crippen LogP contribution < -0.4 is 5.32 Å². The van der Waals surface area contributed by atoms with Gasteiger partial charge in [0.05, 0.1) is 12.1 Å². The number of hydrogen-bond acceptors (Lipinski definition) is 4. The number of nitrogens with zero attached hydrogens (tertiary/aromatic N) is 2. The highest BCUT2D eigenvalue weighted by atomic mass is 16.6. The van der Waals surface area contributed by atoms with Crippen molar-refractivity contribution in [3.8, 4) is 0 Å². The standard InChI is InChI=1S/C13H23N3O4/c1-12(2,3)20-11(19)15-5-4-13(9-15)8-14-10(18)16(13)6-7-17/h17H,4-9H2,1-3H3,(H,14,18). The number of likely N-dealkylation sites (tertiary alicyclic amines) is 1. The summed E-state index contributed by atoms with van der Waals surface area (Å²) in [6, 6.07) is -0.176. The molecule has 3 amide bonds. The van der Waals surface area contributed by atoms with Crippen molar-refractivity contribution in [1.29, 1.82) is 0 Å². The first kappa shape index (κ1) is 14.9. The van der Waals surface area contributed by atoms with E-state index in [1.165, 1.54) is 0 Å². The van der Waals surface area contributed by atoms with E-state index >= 15 is 0 Å². The normalized spacial score (nSPS) is 26.3. The van der Waals surface area contributed by atoms with Gasteiger partial charge in [0.25, 0.3) is 0 Å². The number of ether oxygens (including phenoxy) is 1. The van der Waals surface area contributed by atoms with Crippen LogP contribution in [0.1, 0.15) is 27.2 Å². The molecule has 0 saturated carbocycles. The van der Waals surface area contributed by atoms with Crippen LogP contribution in [0.5, 0.6) is 0 Å². The minimum atomic E-state index is -0.526. The number of aliphatic hydroxyl groups is 1. The van der Waals surface area contributed by atoms with Crippen molar-refractivity contribution in [2.75, 3.05) is 32.8 Å². The summed E-state index contributed by atoms with van der Waals surface area (Å²) >= 11 is 0. The molecule has 7 heteroatoms. The van der Waals surface area contributed by atoms with Crippen LogP contribution in [0.25, 0.3) is 0 Å². The van der Waals surface area contributed by atoms with Crippen LogP contribution in [0.2, 0.25) is 0 Å². The van der Waals surface area contributed by atoms with Crippen molar-refractivity contribution in [2.45, 2.75) is 38.3 Å². The van der Waals surface area contributed by atoms with Crippen molar-refractivity contribution in [1.82, 2.24) is 15.1 Å². The van der Waals surface area contributed by atoms with Gasteiger partial charge in [0.2, 0.25) is 0 Å². The fourth-order valence-electron chi connectivity index (χ4n) is 2.79. The van der Waals surface area contributed by atoms with Gasteiger partial charge < -0.3 is 25.0 Å². The Hall–Kier alpha value is -1.50. The Morgan fingerprint density at radius 1 is 1.50 bits per heavy atom. The molecule has 20 heavy (non-hydrogen) atoms.